The molecule has 0 atom stereocenters. The molecule has 0 spiro atoms. The molecule has 0 aliphatic carbocycles. The second kappa shape index (κ2) is 4.16. The smallest absolute Gasteiger partial charge is 0.143 e. The van der Waals surface area contributed by atoms with Crippen molar-refractivity contribution < 1.29 is 8.83 Å². The van der Waals surface area contributed by atoms with Gasteiger partial charge in [-0.15, -0.1) is 0 Å². The summed E-state index contributed by atoms with van der Waals surface area (Å²) in [5.41, 5.74) is 10.8. The number of rotatable bonds is 1. The van der Waals surface area contributed by atoms with Crippen LogP contribution in [0.4, 0.5) is 5.82 Å². The number of hydrogen-bond donors (Lipinski definition) is 1. The average Bonchev–Trinajstić information content (AvgIpc) is 3.12. The molecule has 5 nitrogen and oxygen atoms in total. The van der Waals surface area contributed by atoms with Gasteiger partial charge in [0.2, 0.25) is 0 Å². The standard InChI is InChI=1S/C17H17N3O2/c1-8-5-11-10(3)15-12(6-9(2)21-15)14(16(11)22-8)13-7-19-20(4)17(13)18/h5-7H,18H2,1-4H3. The van der Waals surface area contributed by atoms with E-state index in [1.165, 1.54) is 0 Å². The predicted molar refractivity (Wildman–Crippen MR) is 86.8 cm³/mol. The van der Waals surface area contributed by atoms with E-state index in [9.17, 15) is 0 Å². The lowest BCUT2D eigenvalue weighted by Crippen LogP contribution is -1.98. The largest absolute Gasteiger partial charge is 0.461 e. The van der Waals surface area contributed by atoms with Crippen LogP contribution in [0.5, 0.6) is 0 Å². The molecule has 0 aliphatic rings. The topological polar surface area (TPSA) is 70.1 Å². The van der Waals surface area contributed by atoms with Crippen molar-refractivity contribution in [2.75, 3.05) is 5.73 Å². The van der Waals surface area contributed by atoms with Gasteiger partial charge in [-0.25, -0.2) is 0 Å². The second-order valence-corrected chi connectivity index (χ2v) is 5.77. The highest BCUT2D eigenvalue weighted by atomic mass is 16.3. The fourth-order valence-corrected chi connectivity index (χ4v) is 3.11. The number of furan rings is 2. The summed E-state index contributed by atoms with van der Waals surface area (Å²) in [4.78, 5) is 0. The molecule has 112 valence electrons. The van der Waals surface area contributed by atoms with Gasteiger partial charge in [0.15, 0.2) is 0 Å². The Kier molecular flexibility index (Phi) is 2.46. The first-order valence-electron chi connectivity index (χ1n) is 7.18. The molecule has 4 rings (SSSR count). The molecular weight excluding hydrogens is 278 g/mol. The molecule has 0 radical (unpaired) electrons. The van der Waals surface area contributed by atoms with Gasteiger partial charge in [-0.1, -0.05) is 0 Å². The first-order valence-corrected chi connectivity index (χ1v) is 7.18. The Morgan fingerprint density at radius 1 is 1.00 bits per heavy atom. The molecule has 3 aromatic heterocycles. The number of benzene rings is 1. The molecule has 0 bridgehead atoms. The number of fused-ring (bicyclic) bond motifs is 2. The SMILES string of the molecule is Cc1cc2c(-c3cnn(C)c3N)c3oc(C)cc3c(C)c2o1. The molecule has 5 heteroatoms. The summed E-state index contributed by atoms with van der Waals surface area (Å²) >= 11 is 0. The van der Waals surface area contributed by atoms with Gasteiger partial charge in [-0.3, -0.25) is 4.68 Å². The van der Waals surface area contributed by atoms with Crippen LogP contribution in [0, 0.1) is 20.8 Å². The van der Waals surface area contributed by atoms with Crippen LogP contribution in [-0.2, 0) is 7.05 Å². The third kappa shape index (κ3) is 1.56. The number of aromatic nitrogens is 2. The summed E-state index contributed by atoms with van der Waals surface area (Å²) in [6.45, 7) is 5.95. The first kappa shape index (κ1) is 13.0. The minimum atomic E-state index is 0.611. The zero-order valence-electron chi connectivity index (χ0n) is 13.0. The van der Waals surface area contributed by atoms with E-state index < -0.39 is 0 Å². The van der Waals surface area contributed by atoms with Gasteiger partial charge in [-0.05, 0) is 32.9 Å². The molecular formula is C17H17N3O2. The van der Waals surface area contributed by atoms with Crippen molar-refractivity contribution in [2.24, 2.45) is 7.05 Å². The van der Waals surface area contributed by atoms with E-state index in [1.807, 2.05) is 33.0 Å². The summed E-state index contributed by atoms with van der Waals surface area (Å²) in [7, 11) is 1.83. The molecule has 0 unspecified atom stereocenters. The van der Waals surface area contributed by atoms with E-state index in [0.29, 0.717) is 5.82 Å². The zero-order valence-corrected chi connectivity index (χ0v) is 13.0. The highest BCUT2D eigenvalue weighted by Gasteiger charge is 2.22. The van der Waals surface area contributed by atoms with Crippen molar-refractivity contribution in [1.29, 1.82) is 0 Å². The summed E-state index contributed by atoms with van der Waals surface area (Å²) in [6.07, 6.45) is 1.78. The lowest BCUT2D eigenvalue weighted by Gasteiger charge is -2.06. The fraction of sp³-hybridized carbons (Fsp3) is 0.235. The Morgan fingerprint density at radius 2 is 1.64 bits per heavy atom. The Labute approximate surface area is 127 Å². The van der Waals surface area contributed by atoms with Crippen LogP contribution in [0.1, 0.15) is 17.1 Å². The Bertz CT molecular complexity index is 976. The Hall–Kier alpha value is -2.69. The fourth-order valence-electron chi connectivity index (χ4n) is 3.11. The van der Waals surface area contributed by atoms with Gasteiger partial charge in [0.1, 0.15) is 28.5 Å². The molecule has 1 aromatic carbocycles. The Morgan fingerprint density at radius 3 is 2.27 bits per heavy atom. The molecule has 22 heavy (non-hydrogen) atoms. The maximum absolute atomic E-state index is 6.20. The number of anilines is 1. The van der Waals surface area contributed by atoms with Crippen LogP contribution in [0.3, 0.4) is 0 Å². The minimum Gasteiger partial charge on any atom is -0.461 e. The highest BCUT2D eigenvalue weighted by Crippen LogP contribution is 2.43. The quantitative estimate of drug-likeness (QED) is 0.574. The summed E-state index contributed by atoms with van der Waals surface area (Å²) in [5, 5.41) is 6.33. The first-order chi connectivity index (χ1) is 10.5. The van der Waals surface area contributed by atoms with Crippen molar-refractivity contribution in [3.8, 4) is 11.1 Å². The van der Waals surface area contributed by atoms with E-state index in [1.54, 1.807) is 10.9 Å². The number of aryl methyl sites for hydroxylation is 4. The van der Waals surface area contributed by atoms with Crippen LogP contribution in [-0.4, -0.2) is 9.78 Å². The molecule has 0 saturated carbocycles. The van der Waals surface area contributed by atoms with Crippen LogP contribution < -0.4 is 5.73 Å². The van der Waals surface area contributed by atoms with Gasteiger partial charge < -0.3 is 14.6 Å². The lowest BCUT2D eigenvalue weighted by atomic mass is 9.98. The molecule has 4 aromatic rings. The molecule has 0 amide bonds. The predicted octanol–water partition coefficient (Wildman–Crippen LogP) is 4.09. The maximum Gasteiger partial charge on any atom is 0.143 e. The molecule has 2 N–H and O–H groups in total. The number of hydrogen-bond acceptors (Lipinski definition) is 4. The third-order valence-corrected chi connectivity index (χ3v) is 4.21. The lowest BCUT2D eigenvalue weighted by molar-refractivity contribution is 0.574. The number of nitrogens with zero attached hydrogens (tertiary/aromatic N) is 2. The van der Waals surface area contributed by atoms with Crippen LogP contribution >= 0.6 is 0 Å². The van der Waals surface area contributed by atoms with Crippen LogP contribution in [0.15, 0.2) is 27.2 Å². The molecule has 0 fully saturated rings. The van der Waals surface area contributed by atoms with Gasteiger partial charge in [0.05, 0.1) is 6.20 Å². The summed E-state index contributed by atoms with van der Waals surface area (Å²) in [6, 6.07) is 4.07. The average molecular weight is 295 g/mol. The van der Waals surface area contributed by atoms with E-state index in [-0.39, 0.29) is 0 Å². The van der Waals surface area contributed by atoms with E-state index in [4.69, 9.17) is 14.6 Å². The summed E-state index contributed by atoms with van der Waals surface area (Å²) in [5.74, 6) is 2.34. The van der Waals surface area contributed by atoms with Crippen molar-refractivity contribution in [1.82, 2.24) is 9.78 Å². The van der Waals surface area contributed by atoms with Gasteiger partial charge >= 0.3 is 0 Å². The molecule has 3 heterocycles. The monoisotopic (exact) mass is 295 g/mol. The number of nitrogen functional groups attached to an aromatic ring is 1. The van der Waals surface area contributed by atoms with Crippen LogP contribution in [0.2, 0.25) is 0 Å². The minimum absolute atomic E-state index is 0.611. The van der Waals surface area contributed by atoms with Crippen molar-refractivity contribution in [2.45, 2.75) is 20.8 Å². The highest BCUT2D eigenvalue weighted by molar-refractivity contribution is 6.12. The van der Waals surface area contributed by atoms with Crippen molar-refractivity contribution >= 4 is 27.8 Å². The molecule has 0 aliphatic heterocycles. The van der Waals surface area contributed by atoms with Crippen molar-refractivity contribution in [3.63, 3.8) is 0 Å². The Balaban J connectivity index is 2.27. The van der Waals surface area contributed by atoms with E-state index >= 15 is 0 Å². The summed E-state index contributed by atoms with van der Waals surface area (Å²) < 4.78 is 13.6. The second-order valence-electron chi connectivity index (χ2n) is 5.77. The number of nitrogens with two attached hydrogens (primary N) is 1. The maximum atomic E-state index is 6.20. The van der Waals surface area contributed by atoms with Crippen LogP contribution in [0.25, 0.3) is 33.1 Å². The van der Waals surface area contributed by atoms with E-state index in [2.05, 4.69) is 12.0 Å². The van der Waals surface area contributed by atoms with E-state index in [0.717, 1.165) is 50.1 Å². The molecule has 0 saturated heterocycles. The normalized spacial score (nSPS) is 11.8. The van der Waals surface area contributed by atoms with Crippen molar-refractivity contribution in [3.05, 3.63) is 35.4 Å². The van der Waals surface area contributed by atoms with Gasteiger partial charge in [0, 0.05) is 34.5 Å². The third-order valence-electron chi connectivity index (χ3n) is 4.21. The van der Waals surface area contributed by atoms with Gasteiger partial charge in [-0.2, -0.15) is 5.10 Å². The zero-order chi connectivity index (χ0) is 15.6. The van der Waals surface area contributed by atoms with Gasteiger partial charge in [0.25, 0.3) is 0 Å².